The predicted octanol–water partition coefficient (Wildman–Crippen LogP) is 21.7. The molecule has 4 heterocycles. The smallest absolute Gasteiger partial charge is 0.200 e. The molecule has 0 amide bonds. The van der Waals surface area contributed by atoms with Crippen LogP contribution in [0.5, 0.6) is 11.5 Å². The number of anilines is 4. The largest absolute Gasteiger partial charge is 0.509 e. The van der Waals surface area contributed by atoms with Crippen LogP contribution in [-0.2, 0) is 37.3 Å². The molecule has 90 heavy (non-hydrogen) atoms. The fourth-order valence-corrected chi connectivity index (χ4v) is 12.4. The molecule has 0 saturated heterocycles. The summed E-state index contributed by atoms with van der Waals surface area (Å²) in [5.41, 5.74) is 9.35. The van der Waals surface area contributed by atoms with E-state index >= 15 is 22.0 Å². The summed E-state index contributed by atoms with van der Waals surface area (Å²) in [5.74, 6) is -8.79. The molecular formula is C78H61F5N5OPt-3. The Morgan fingerprint density at radius 1 is 0.422 bits per heavy atom. The summed E-state index contributed by atoms with van der Waals surface area (Å²) < 4.78 is 92.6. The summed E-state index contributed by atoms with van der Waals surface area (Å²) in [6.45, 7) is 21.0. The Morgan fingerprint density at radius 2 is 0.944 bits per heavy atom. The summed E-state index contributed by atoms with van der Waals surface area (Å²) in [5, 5.41) is 4.07. The van der Waals surface area contributed by atoms with Crippen LogP contribution in [0.15, 0.2) is 200 Å². The Kier molecular flexibility index (Phi) is 14.8. The summed E-state index contributed by atoms with van der Waals surface area (Å²) in [6, 6.07) is 70.5. The molecule has 6 nitrogen and oxygen atoms in total. The molecule has 0 spiro atoms. The van der Waals surface area contributed by atoms with E-state index in [0.29, 0.717) is 50.8 Å². The van der Waals surface area contributed by atoms with E-state index in [9.17, 15) is 0 Å². The van der Waals surface area contributed by atoms with Crippen LogP contribution in [0, 0.1) is 47.9 Å². The van der Waals surface area contributed by atoms with E-state index in [1.807, 2.05) is 138 Å². The molecule has 0 atom stereocenters. The zero-order valence-electron chi connectivity index (χ0n) is 51.0. The molecule has 12 heteroatoms. The van der Waals surface area contributed by atoms with Crippen LogP contribution in [0.4, 0.5) is 44.7 Å². The van der Waals surface area contributed by atoms with Crippen molar-refractivity contribution in [1.29, 1.82) is 0 Å². The number of para-hydroxylation sites is 5. The van der Waals surface area contributed by atoms with Crippen molar-refractivity contribution in [3.05, 3.63) is 265 Å². The number of benzene rings is 10. The fraction of sp³-hybridized carbons (Fsp3) is 0.154. The fourth-order valence-electron chi connectivity index (χ4n) is 12.4. The number of hydrogen-bond donors (Lipinski definition) is 0. The zero-order chi connectivity index (χ0) is 62.0. The first-order valence-electron chi connectivity index (χ1n) is 29.7. The Bertz CT molecular complexity index is 4900. The molecule has 1 aliphatic heterocycles. The summed E-state index contributed by atoms with van der Waals surface area (Å²) in [6.07, 6.45) is 1.84. The minimum Gasteiger partial charge on any atom is -0.509 e. The maximum absolute atomic E-state index is 17.0. The van der Waals surface area contributed by atoms with Crippen molar-refractivity contribution in [2.75, 3.05) is 9.80 Å². The third-order valence-electron chi connectivity index (χ3n) is 17.1. The summed E-state index contributed by atoms with van der Waals surface area (Å²) in [4.78, 5) is 8.61. The molecule has 10 aromatic carbocycles. The van der Waals surface area contributed by atoms with Gasteiger partial charge in [0.15, 0.2) is 23.3 Å². The first kappa shape index (κ1) is 59.6. The van der Waals surface area contributed by atoms with E-state index in [-0.39, 0.29) is 48.6 Å². The van der Waals surface area contributed by atoms with Crippen molar-refractivity contribution in [3.8, 4) is 56.4 Å². The van der Waals surface area contributed by atoms with Crippen LogP contribution >= 0.6 is 0 Å². The van der Waals surface area contributed by atoms with Crippen LogP contribution in [0.25, 0.3) is 88.5 Å². The molecule has 13 aromatic rings. The van der Waals surface area contributed by atoms with Crippen LogP contribution in [0.3, 0.4) is 0 Å². The average molecular weight is 1370 g/mol. The van der Waals surface area contributed by atoms with E-state index in [1.54, 1.807) is 11.6 Å². The van der Waals surface area contributed by atoms with Gasteiger partial charge in [-0.15, -0.1) is 42.4 Å². The van der Waals surface area contributed by atoms with Gasteiger partial charge in [0.05, 0.1) is 16.6 Å². The van der Waals surface area contributed by atoms with Crippen LogP contribution in [-0.4, -0.2) is 14.1 Å². The Morgan fingerprint density at radius 3 is 1.54 bits per heavy atom. The van der Waals surface area contributed by atoms with Gasteiger partial charge < -0.3 is 23.7 Å². The third kappa shape index (κ3) is 10.2. The Balaban J connectivity index is 0.00000743. The van der Waals surface area contributed by atoms with Crippen molar-refractivity contribution in [3.63, 3.8) is 0 Å². The van der Waals surface area contributed by atoms with Crippen molar-refractivity contribution in [2.24, 2.45) is 0 Å². The van der Waals surface area contributed by atoms with Crippen molar-refractivity contribution < 1.29 is 47.8 Å². The molecule has 14 rings (SSSR count). The normalized spacial score (nSPS) is 12.8. The van der Waals surface area contributed by atoms with Gasteiger partial charge in [-0.05, 0) is 110 Å². The molecule has 0 aliphatic carbocycles. The third-order valence-corrected chi connectivity index (χ3v) is 17.1. The Hall–Kier alpha value is -9.31. The van der Waals surface area contributed by atoms with E-state index < -0.39 is 34.6 Å². The number of nitrogens with zero attached hydrogens (tertiary/aromatic N) is 5. The number of aromatic nitrogens is 3. The van der Waals surface area contributed by atoms with Crippen LogP contribution in [0.1, 0.15) is 79.0 Å². The van der Waals surface area contributed by atoms with Gasteiger partial charge in [0.1, 0.15) is 5.82 Å². The molecule has 0 bridgehead atoms. The van der Waals surface area contributed by atoms with E-state index in [1.165, 1.54) is 6.07 Å². The second kappa shape index (κ2) is 22.3. The molecular weight excluding hydrogens is 1310 g/mol. The number of halogens is 5. The van der Waals surface area contributed by atoms with E-state index in [2.05, 4.69) is 144 Å². The average Bonchev–Trinajstić information content (AvgIpc) is 1.46. The van der Waals surface area contributed by atoms with Crippen LogP contribution < -0.4 is 14.5 Å². The van der Waals surface area contributed by atoms with Gasteiger partial charge in [-0.1, -0.05) is 194 Å². The quantitative estimate of drug-likeness (QED) is 0.0625. The van der Waals surface area contributed by atoms with Gasteiger partial charge in [0.2, 0.25) is 5.82 Å². The SMILES string of the molecule is CC(C)(C)c1cc(-c2cc(-c3ccccc3)cc(-c3c(F)c(F)c(F)c(F)c3F)c2N2[CH-]N(c3[c-]c(Oc4[c-]c5c(cc4)c4ccccc4n5-c4cc(C(C)(C)C)ccn4)cc(-n4c5ccccc5c5ccccc54)c3)c3ccccc32)cc(C(C)(C)C)c1.[Pt]. The molecule has 0 unspecified atom stereocenters. The molecule has 0 N–H and O–H groups in total. The van der Waals surface area contributed by atoms with Gasteiger partial charge >= 0.3 is 0 Å². The number of fused-ring (bicyclic) bond motifs is 7. The first-order chi connectivity index (χ1) is 42.6. The van der Waals surface area contributed by atoms with Gasteiger partial charge in [-0.25, -0.2) is 26.9 Å². The van der Waals surface area contributed by atoms with Gasteiger partial charge in [-0.2, -0.15) is 6.07 Å². The maximum Gasteiger partial charge on any atom is 0.200 e. The monoisotopic (exact) mass is 1370 g/mol. The minimum absolute atomic E-state index is 0. The molecule has 0 radical (unpaired) electrons. The van der Waals surface area contributed by atoms with E-state index in [4.69, 9.17) is 9.72 Å². The van der Waals surface area contributed by atoms with Crippen molar-refractivity contribution in [2.45, 2.75) is 78.6 Å². The molecule has 0 fully saturated rings. The van der Waals surface area contributed by atoms with Gasteiger partial charge in [0, 0.05) is 83.2 Å². The molecule has 0 saturated carbocycles. The number of pyridine rings is 1. The minimum atomic E-state index is -2.25. The van der Waals surface area contributed by atoms with Crippen LogP contribution in [0.2, 0.25) is 0 Å². The number of ether oxygens (including phenoxy) is 1. The first-order valence-corrected chi connectivity index (χ1v) is 29.7. The molecule has 452 valence electrons. The standard InChI is InChI=1S/C78H61F5N5O.Pt/c1-76(2,3)49-33-34-84-68(40-49)88-64-28-18-15-25-58(64)59-32-31-54(44-67(59)88)89-55-42-52(41-53(43-55)87-62-26-16-13-23-56(62)57-24-14-17-27-63(57)87)85-45-86(66-30-20-19-29-65(66)85)75-60(48-35-50(77(4,5)6)39-51(36-48)78(7,8)9)37-47(46-21-11-10-12-22-46)38-61(75)69-70(79)72(81)74(83)73(82)71(69)80;/h10-41,43,45H,1-9H3;/q-3;. The zero-order valence-corrected chi connectivity index (χ0v) is 53.3. The second-order valence-corrected chi connectivity index (χ2v) is 26.0. The molecule has 1 aliphatic rings. The van der Waals surface area contributed by atoms with E-state index in [0.717, 1.165) is 71.8 Å². The van der Waals surface area contributed by atoms with Gasteiger partial charge in [0.25, 0.3) is 0 Å². The van der Waals surface area contributed by atoms with Crippen molar-refractivity contribution >= 4 is 66.4 Å². The molecule has 3 aromatic heterocycles. The summed E-state index contributed by atoms with van der Waals surface area (Å²) in [7, 11) is 0. The topological polar surface area (TPSA) is 38.5 Å². The predicted molar refractivity (Wildman–Crippen MR) is 351 cm³/mol. The maximum atomic E-state index is 17.0. The number of hydrogen-bond acceptors (Lipinski definition) is 4. The van der Waals surface area contributed by atoms with Gasteiger partial charge in [-0.3, -0.25) is 0 Å². The number of rotatable bonds is 9. The van der Waals surface area contributed by atoms with Crippen molar-refractivity contribution in [1.82, 2.24) is 14.1 Å². The second-order valence-electron chi connectivity index (χ2n) is 26.0. The summed E-state index contributed by atoms with van der Waals surface area (Å²) >= 11 is 0. The Labute approximate surface area is 534 Å².